The van der Waals surface area contributed by atoms with Crippen molar-refractivity contribution >= 4 is 34.4 Å². The number of aromatic nitrogens is 2. The van der Waals surface area contributed by atoms with Crippen LogP contribution in [0, 0.1) is 6.92 Å². The van der Waals surface area contributed by atoms with Crippen LogP contribution in [0.5, 0.6) is 0 Å². The number of nitrogens with zero attached hydrogens (tertiary/aromatic N) is 1. The summed E-state index contributed by atoms with van der Waals surface area (Å²) in [6.07, 6.45) is 3.80. The molecule has 94 valence electrons. The van der Waals surface area contributed by atoms with Gasteiger partial charge in [0.25, 0.3) is 5.56 Å². The lowest BCUT2D eigenvalue weighted by Crippen LogP contribution is -2.09. The minimum atomic E-state index is -0.104. The van der Waals surface area contributed by atoms with E-state index in [9.17, 15) is 4.79 Å². The summed E-state index contributed by atoms with van der Waals surface area (Å²) in [6.45, 7) is 2.07. The summed E-state index contributed by atoms with van der Waals surface area (Å²) in [6, 6.07) is 11.5. The van der Waals surface area contributed by atoms with Crippen molar-refractivity contribution in [3.8, 4) is 0 Å². The second-order valence-corrected chi connectivity index (χ2v) is 5.57. The van der Waals surface area contributed by atoms with Crippen LogP contribution >= 0.6 is 11.3 Å². The molecule has 19 heavy (non-hydrogen) atoms. The van der Waals surface area contributed by atoms with E-state index in [1.165, 1.54) is 4.88 Å². The Morgan fingerprint density at radius 1 is 1.16 bits per heavy atom. The molecule has 3 aromatic rings. The number of fused-ring (bicyclic) bond motifs is 1. The molecule has 0 saturated heterocycles. The molecular weight excluding hydrogens is 256 g/mol. The molecular formula is C15H12N2OS. The molecule has 0 saturated carbocycles. The molecule has 0 radical (unpaired) electrons. The molecule has 1 aromatic carbocycles. The predicted molar refractivity (Wildman–Crippen MR) is 80.3 cm³/mol. The molecule has 0 unspecified atom stereocenters. The van der Waals surface area contributed by atoms with Gasteiger partial charge in [-0.25, -0.2) is 4.98 Å². The maximum absolute atomic E-state index is 11.9. The molecule has 0 aliphatic heterocycles. The zero-order valence-electron chi connectivity index (χ0n) is 10.4. The highest BCUT2D eigenvalue weighted by Gasteiger charge is 2.00. The molecule has 2 aromatic heterocycles. The molecule has 2 heterocycles. The predicted octanol–water partition coefficient (Wildman–Crippen LogP) is 3.46. The molecule has 0 aliphatic carbocycles. The first-order valence-corrected chi connectivity index (χ1v) is 6.77. The van der Waals surface area contributed by atoms with Gasteiger partial charge in [0.2, 0.25) is 0 Å². The van der Waals surface area contributed by atoms with Crippen molar-refractivity contribution in [2.24, 2.45) is 0 Å². The van der Waals surface area contributed by atoms with E-state index in [1.54, 1.807) is 17.4 Å². The molecule has 0 spiro atoms. The van der Waals surface area contributed by atoms with Gasteiger partial charge in [0, 0.05) is 9.75 Å². The second kappa shape index (κ2) is 4.82. The lowest BCUT2D eigenvalue weighted by molar-refractivity contribution is 1.14. The molecule has 3 rings (SSSR count). The lowest BCUT2D eigenvalue weighted by Gasteiger charge is -1.97. The molecule has 0 amide bonds. The number of nitrogens with one attached hydrogen (secondary N) is 1. The monoisotopic (exact) mass is 268 g/mol. The van der Waals surface area contributed by atoms with Gasteiger partial charge in [-0.15, -0.1) is 11.3 Å². The van der Waals surface area contributed by atoms with Gasteiger partial charge in [-0.1, -0.05) is 12.1 Å². The first kappa shape index (κ1) is 11.9. The second-order valence-electron chi connectivity index (χ2n) is 4.25. The van der Waals surface area contributed by atoms with Crippen LogP contribution in [-0.2, 0) is 0 Å². The molecule has 0 fully saturated rings. The molecule has 1 N–H and O–H groups in total. The fourth-order valence-electron chi connectivity index (χ4n) is 1.89. The molecule has 0 aliphatic rings. The summed E-state index contributed by atoms with van der Waals surface area (Å²) in [5.74, 6) is 0.578. The summed E-state index contributed by atoms with van der Waals surface area (Å²) in [7, 11) is 0. The summed E-state index contributed by atoms with van der Waals surface area (Å²) in [5.41, 5.74) is 0.612. The van der Waals surface area contributed by atoms with Crippen molar-refractivity contribution in [3.63, 3.8) is 0 Å². The fraction of sp³-hybridized carbons (Fsp3) is 0.0667. The van der Waals surface area contributed by atoms with E-state index in [0.717, 1.165) is 4.88 Å². The van der Waals surface area contributed by atoms with Crippen LogP contribution in [0.1, 0.15) is 15.6 Å². The Hall–Kier alpha value is -2.20. The van der Waals surface area contributed by atoms with E-state index in [1.807, 2.05) is 30.4 Å². The molecule has 0 bridgehead atoms. The Bertz CT molecular complexity index is 814. The van der Waals surface area contributed by atoms with E-state index >= 15 is 0 Å². The Balaban J connectivity index is 2.02. The van der Waals surface area contributed by atoms with Crippen molar-refractivity contribution < 1.29 is 0 Å². The molecule has 4 heteroatoms. The quantitative estimate of drug-likeness (QED) is 0.773. The van der Waals surface area contributed by atoms with E-state index in [4.69, 9.17) is 0 Å². The number of aromatic amines is 1. The van der Waals surface area contributed by atoms with Crippen molar-refractivity contribution in [2.75, 3.05) is 0 Å². The number of thiophene rings is 1. The normalized spacial score (nSPS) is 11.4. The molecule has 0 atom stereocenters. The number of benzene rings is 1. The topological polar surface area (TPSA) is 45.8 Å². The lowest BCUT2D eigenvalue weighted by atomic mass is 10.2. The van der Waals surface area contributed by atoms with Crippen LogP contribution in [0.4, 0.5) is 0 Å². The van der Waals surface area contributed by atoms with E-state index < -0.39 is 0 Å². The van der Waals surface area contributed by atoms with Gasteiger partial charge in [0.15, 0.2) is 0 Å². The van der Waals surface area contributed by atoms with Crippen LogP contribution in [0.15, 0.2) is 41.2 Å². The van der Waals surface area contributed by atoms with E-state index in [2.05, 4.69) is 29.0 Å². The fourth-order valence-corrected chi connectivity index (χ4v) is 2.67. The highest BCUT2D eigenvalue weighted by Crippen LogP contribution is 2.17. The average molecular weight is 268 g/mol. The van der Waals surface area contributed by atoms with Gasteiger partial charge in [-0.2, -0.15) is 0 Å². The van der Waals surface area contributed by atoms with Gasteiger partial charge < -0.3 is 4.98 Å². The van der Waals surface area contributed by atoms with Crippen molar-refractivity contribution in [1.82, 2.24) is 9.97 Å². The highest BCUT2D eigenvalue weighted by atomic mass is 32.1. The summed E-state index contributed by atoms with van der Waals surface area (Å²) < 4.78 is 0. The summed E-state index contributed by atoms with van der Waals surface area (Å²) in [5, 5.41) is 0.617. The number of para-hydroxylation sites is 1. The van der Waals surface area contributed by atoms with Crippen LogP contribution in [0.3, 0.4) is 0 Å². The van der Waals surface area contributed by atoms with Gasteiger partial charge in [-0.3, -0.25) is 4.79 Å². The summed E-state index contributed by atoms with van der Waals surface area (Å²) >= 11 is 1.71. The zero-order chi connectivity index (χ0) is 13.2. The van der Waals surface area contributed by atoms with Crippen LogP contribution in [0.2, 0.25) is 0 Å². The van der Waals surface area contributed by atoms with Gasteiger partial charge in [0.1, 0.15) is 5.82 Å². The maximum atomic E-state index is 11.9. The first-order valence-electron chi connectivity index (χ1n) is 5.96. The smallest absolute Gasteiger partial charge is 0.259 e. The van der Waals surface area contributed by atoms with E-state index in [0.29, 0.717) is 16.7 Å². The first-order chi connectivity index (χ1) is 9.22. The van der Waals surface area contributed by atoms with Crippen molar-refractivity contribution in [1.29, 1.82) is 0 Å². The Kier molecular flexibility index (Phi) is 3.01. The molecule has 3 nitrogen and oxygen atoms in total. The van der Waals surface area contributed by atoms with Gasteiger partial charge in [-0.05, 0) is 43.3 Å². The number of hydrogen-bond donors (Lipinski definition) is 1. The van der Waals surface area contributed by atoms with Crippen LogP contribution in [-0.4, -0.2) is 9.97 Å². The SMILES string of the molecule is Cc1ccc(C=Cc2nc3ccccc3c(=O)[nH]2)s1. The Labute approximate surface area is 114 Å². The Morgan fingerprint density at radius 2 is 2.00 bits per heavy atom. The van der Waals surface area contributed by atoms with Crippen LogP contribution in [0.25, 0.3) is 23.1 Å². The standard InChI is InChI=1S/C15H12N2OS/c1-10-6-7-11(19-10)8-9-14-16-13-5-3-2-4-12(13)15(18)17-14/h2-9H,1H3,(H,16,17,18). The Morgan fingerprint density at radius 3 is 2.79 bits per heavy atom. The van der Waals surface area contributed by atoms with Gasteiger partial charge in [0.05, 0.1) is 10.9 Å². The third-order valence-electron chi connectivity index (χ3n) is 2.80. The van der Waals surface area contributed by atoms with Gasteiger partial charge >= 0.3 is 0 Å². The average Bonchev–Trinajstić information content (AvgIpc) is 2.82. The maximum Gasteiger partial charge on any atom is 0.259 e. The number of hydrogen-bond acceptors (Lipinski definition) is 3. The zero-order valence-corrected chi connectivity index (χ0v) is 11.2. The van der Waals surface area contributed by atoms with Crippen molar-refractivity contribution in [3.05, 3.63) is 62.3 Å². The third-order valence-corrected chi connectivity index (χ3v) is 3.76. The number of aryl methyl sites for hydroxylation is 1. The summed E-state index contributed by atoms with van der Waals surface area (Å²) in [4.78, 5) is 21.5. The van der Waals surface area contributed by atoms with Crippen molar-refractivity contribution in [2.45, 2.75) is 6.92 Å². The minimum absolute atomic E-state index is 0.104. The number of H-pyrrole nitrogens is 1. The minimum Gasteiger partial charge on any atom is -0.306 e. The van der Waals surface area contributed by atoms with E-state index in [-0.39, 0.29) is 5.56 Å². The third kappa shape index (κ3) is 2.48. The highest BCUT2D eigenvalue weighted by molar-refractivity contribution is 7.12. The number of rotatable bonds is 2. The van der Waals surface area contributed by atoms with Crippen LogP contribution < -0.4 is 5.56 Å². The largest absolute Gasteiger partial charge is 0.306 e.